The number of fused-ring (bicyclic) bond motifs is 1. The number of amides is 1. The van der Waals surface area contributed by atoms with Crippen LogP contribution in [0.5, 0.6) is 0 Å². The van der Waals surface area contributed by atoms with Crippen molar-refractivity contribution in [2.75, 3.05) is 5.32 Å². The highest BCUT2D eigenvalue weighted by Crippen LogP contribution is 2.20. The number of aromatic nitrogens is 4. The molecule has 25 heavy (non-hydrogen) atoms. The van der Waals surface area contributed by atoms with Crippen LogP contribution in [0.2, 0.25) is 0 Å². The van der Waals surface area contributed by atoms with Gasteiger partial charge >= 0.3 is 5.97 Å². The van der Waals surface area contributed by atoms with E-state index in [1.807, 2.05) is 0 Å². The first-order valence-corrected chi connectivity index (χ1v) is 7.43. The van der Waals surface area contributed by atoms with E-state index in [9.17, 15) is 14.4 Å². The average molecular weight is 341 g/mol. The number of aliphatic carboxylic acids is 1. The summed E-state index contributed by atoms with van der Waals surface area (Å²) < 4.78 is 1.27. The van der Waals surface area contributed by atoms with Crippen LogP contribution in [0.15, 0.2) is 29.1 Å². The van der Waals surface area contributed by atoms with Gasteiger partial charge in [0, 0.05) is 0 Å². The zero-order chi connectivity index (χ0) is 18.1. The number of para-hydroxylation sites is 2. The molecule has 1 amide bonds. The molecular weight excluding hydrogens is 326 g/mol. The molecule has 0 bridgehead atoms. The number of aromatic amines is 1. The maximum atomic E-state index is 12.5. The molecule has 0 spiro atoms. The number of carbonyl (C=O) groups is 2. The van der Waals surface area contributed by atoms with Gasteiger partial charge in [0.1, 0.15) is 6.54 Å². The summed E-state index contributed by atoms with van der Waals surface area (Å²) in [6.07, 6.45) is 0. The van der Waals surface area contributed by atoms with Gasteiger partial charge in [-0.15, -0.1) is 0 Å². The van der Waals surface area contributed by atoms with Crippen molar-refractivity contribution in [1.82, 2.24) is 19.7 Å². The first-order valence-electron chi connectivity index (χ1n) is 7.43. The lowest BCUT2D eigenvalue weighted by Gasteiger charge is -2.06. The molecule has 1 aromatic carbocycles. The third-order valence-corrected chi connectivity index (χ3v) is 3.72. The van der Waals surface area contributed by atoms with E-state index in [4.69, 9.17) is 5.11 Å². The lowest BCUT2D eigenvalue weighted by atomic mass is 10.2. The van der Waals surface area contributed by atoms with Crippen molar-refractivity contribution in [3.63, 3.8) is 0 Å². The van der Waals surface area contributed by atoms with Gasteiger partial charge in [0.05, 0.1) is 28.1 Å². The molecule has 0 fully saturated rings. The molecule has 0 unspecified atom stereocenters. The maximum Gasteiger partial charge on any atom is 0.325 e. The number of benzene rings is 1. The van der Waals surface area contributed by atoms with Crippen LogP contribution in [0.4, 0.5) is 5.69 Å². The maximum absolute atomic E-state index is 12.5. The monoisotopic (exact) mass is 341 g/mol. The van der Waals surface area contributed by atoms with Crippen molar-refractivity contribution >= 4 is 28.6 Å². The second kappa shape index (κ2) is 6.19. The molecule has 3 aromatic rings. The number of nitrogens with one attached hydrogen (secondary N) is 2. The summed E-state index contributed by atoms with van der Waals surface area (Å²) in [4.78, 5) is 42.1. The number of aryl methyl sites for hydroxylation is 1. The Morgan fingerprint density at radius 2 is 2.00 bits per heavy atom. The van der Waals surface area contributed by atoms with Gasteiger partial charge in [-0.25, -0.2) is 4.98 Å². The van der Waals surface area contributed by atoms with Gasteiger partial charge in [-0.05, 0) is 26.0 Å². The van der Waals surface area contributed by atoms with Crippen LogP contribution in [-0.4, -0.2) is 36.7 Å². The van der Waals surface area contributed by atoms with Gasteiger partial charge in [0.25, 0.3) is 11.5 Å². The Hall–Kier alpha value is -3.49. The number of carbonyl (C=O) groups excluding carboxylic acids is 1. The number of rotatable bonds is 4. The van der Waals surface area contributed by atoms with Gasteiger partial charge in [-0.2, -0.15) is 5.10 Å². The fourth-order valence-corrected chi connectivity index (χ4v) is 2.52. The predicted molar refractivity (Wildman–Crippen MR) is 89.7 cm³/mol. The smallest absolute Gasteiger partial charge is 0.325 e. The summed E-state index contributed by atoms with van der Waals surface area (Å²) in [5, 5.41) is 15.6. The third kappa shape index (κ3) is 3.11. The van der Waals surface area contributed by atoms with Crippen LogP contribution in [0, 0.1) is 13.8 Å². The van der Waals surface area contributed by atoms with E-state index in [2.05, 4.69) is 20.4 Å². The molecule has 0 aliphatic rings. The number of H-pyrrole nitrogens is 1. The normalized spacial score (nSPS) is 10.8. The molecule has 2 heterocycles. The summed E-state index contributed by atoms with van der Waals surface area (Å²) in [5.41, 5.74) is 1.43. The number of hydrogen-bond donors (Lipinski definition) is 3. The summed E-state index contributed by atoms with van der Waals surface area (Å²) in [6.45, 7) is 2.95. The van der Waals surface area contributed by atoms with E-state index in [-0.39, 0.29) is 12.2 Å². The van der Waals surface area contributed by atoms with Crippen molar-refractivity contribution < 1.29 is 14.7 Å². The second-order valence-corrected chi connectivity index (χ2v) is 5.48. The predicted octanol–water partition coefficient (Wildman–Crippen LogP) is 1.07. The molecule has 9 nitrogen and oxygen atoms in total. The van der Waals surface area contributed by atoms with Crippen molar-refractivity contribution in [2.45, 2.75) is 20.4 Å². The minimum atomic E-state index is -1.05. The highest BCUT2D eigenvalue weighted by atomic mass is 16.4. The van der Waals surface area contributed by atoms with Crippen molar-refractivity contribution in [1.29, 1.82) is 0 Å². The van der Waals surface area contributed by atoms with Crippen LogP contribution >= 0.6 is 0 Å². The molecular formula is C16H15N5O4. The number of anilines is 1. The van der Waals surface area contributed by atoms with Gasteiger partial charge in [-0.3, -0.25) is 19.1 Å². The second-order valence-electron chi connectivity index (χ2n) is 5.48. The van der Waals surface area contributed by atoms with E-state index in [1.165, 1.54) is 4.68 Å². The van der Waals surface area contributed by atoms with E-state index in [1.54, 1.807) is 38.1 Å². The van der Waals surface area contributed by atoms with Crippen LogP contribution in [0.1, 0.15) is 21.9 Å². The van der Waals surface area contributed by atoms with Gasteiger partial charge < -0.3 is 15.4 Å². The van der Waals surface area contributed by atoms with Gasteiger partial charge in [-0.1, -0.05) is 12.1 Å². The zero-order valence-corrected chi connectivity index (χ0v) is 13.5. The molecule has 3 N–H and O–H groups in total. The highest BCUT2D eigenvalue weighted by Gasteiger charge is 2.19. The Bertz CT molecular complexity index is 1050. The average Bonchev–Trinajstić information content (AvgIpc) is 2.81. The van der Waals surface area contributed by atoms with Crippen molar-refractivity contribution in [2.24, 2.45) is 0 Å². The van der Waals surface area contributed by atoms with E-state index >= 15 is 0 Å². The number of hydrogen-bond acceptors (Lipinski definition) is 5. The Kier molecular flexibility index (Phi) is 4.05. The molecule has 3 rings (SSSR count). The Morgan fingerprint density at radius 3 is 2.72 bits per heavy atom. The fourth-order valence-electron chi connectivity index (χ4n) is 2.52. The summed E-state index contributed by atoms with van der Waals surface area (Å²) >= 11 is 0. The van der Waals surface area contributed by atoms with Crippen LogP contribution in [0.25, 0.3) is 11.0 Å². The molecule has 128 valence electrons. The largest absolute Gasteiger partial charge is 0.480 e. The first-order chi connectivity index (χ1) is 11.9. The highest BCUT2D eigenvalue weighted by molar-refractivity contribution is 6.04. The van der Waals surface area contributed by atoms with Crippen LogP contribution in [-0.2, 0) is 11.3 Å². The van der Waals surface area contributed by atoms with E-state index in [0.29, 0.717) is 28.1 Å². The Labute approximate surface area is 141 Å². The lowest BCUT2D eigenvalue weighted by Crippen LogP contribution is -2.25. The summed E-state index contributed by atoms with van der Waals surface area (Å²) in [7, 11) is 0. The minimum Gasteiger partial charge on any atom is -0.480 e. The number of carboxylic acid groups (broad SMARTS) is 1. The van der Waals surface area contributed by atoms with Crippen molar-refractivity contribution in [3.8, 4) is 0 Å². The standard InChI is InChI=1S/C16H15N5O4/c1-8-13(9(2)21(20-8)7-12(22)23)19-16(25)14-15(24)18-11-6-4-3-5-10(11)17-14/h3-6H,7H2,1-2H3,(H,18,24)(H,19,25)(H,22,23). The minimum absolute atomic E-state index is 0.275. The van der Waals surface area contributed by atoms with Crippen molar-refractivity contribution in [3.05, 3.63) is 51.7 Å². The third-order valence-electron chi connectivity index (χ3n) is 3.72. The lowest BCUT2D eigenvalue weighted by molar-refractivity contribution is -0.137. The summed E-state index contributed by atoms with van der Waals surface area (Å²) in [5.74, 6) is -1.73. The summed E-state index contributed by atoms with van der Waals surface area (Å²) in [6, 6.07) is 6.88. The number of carboxylic acids is 1. The molecule has 0 saturated carbocycles. The Morgan fingerprint density at radius 1 is 1.28 bits per heavy atom. The van der Waals surface area contributed by atoms with E-state index in [0.717, 1.165) is 0 Å². The Balaban J connectivity index is 1.95. The zero-order valence-electron chi connectivity index (χ0n) is 13.5. The molecule has 9 heteroatoms. The fraction of sp³-hybridized carbons (Fsp3) is 0.188. The first kappa shape index (κ1) is 16.4. The van der Waals surface area contributed by atoms with Crippen LogP contribution < -0.4 is 10.9 Å². The topological polar surface area (TPSA) is 130 Å². The molecule has 0 aliphatic carbocycles. The molecule has 0 saturated heterocycles. The molecule has 2 aromatic heterocycles. The molecule has 0 aliphatic heterocycles. The SMILES string of the molecule is Cc1nn(CC(=O)O)c(C)c1NC(=O)c1nc2ccccc2[nH]c1=O. The van der Waals surface area contributed by atoms with Gasteiger partial charge in [0.2, 0.25) is 0 Å². The van der Waals surface area contributed by atoms with E-state index < -0.39 is 17.4 Å². The molecule has 0 radical (unpaired) electrons. The molecule has 0 atom stereocenters. The number of nitrogens with zero attached hydrogens (tertiary/aromatic N) is 3. The quantitative estimate of drug-likeness (QED) is 0.651. The van der Waals surface area contributed by atoms with Gasteiger partial charge in [0.15, 0.2) is 5.69 Å². The van der Waals surface area contributed by atoms with Crippen LogP contribution in [0.3, 0.4) is 0 Å².